The Morgan fingerprint density at radius 3 is 2.46 bits per heavy atom. The predicted octanol–water partition coefficient (Wildman–Crippen LogP) is 3.92. The quantitative estimate of drug-likeness (QED) is 0.764. The molecule has 120 valence electrons. The van der Waals surface area contributed by atoms with Crippen LogP contribution in [0.3, 0.4) is 0 Å². The Labute approximate surface area is 138 Å². The molecule has 2 aromatic carbocycles. The van der Waals surface area contributed by atoms with E-state index in [4.69, 9.17) is 0 Å². The van der Waals surface area contributed by atoms with Gasteiger partial charge in [-0.25, -0.2) is 14.4 Å². The predicted molar refractivity (Wildman–Crippen MR) is 90.8 cm³/mol. The van der Waals surface area contributed by atoms with Gasteiger partial charge in [-0.05, 0) is 37.3 Å². The summed E-state index contributed by atoms with van der Waals surface area (Å²) >= 11 is 0. The summed E-state index contributed by atoms with van der Waals surface area (Å²) in [6.45, 7) is 1.76. The summed E-state index contributed by atoms with van der Waals surface area (Å²) < 4.78 is 13.7. The van der Waals surface area contributed by atoms with Crippen molar-refractivity contribution in [2.75, 3.05) is 10.6 Å². The number of amides is 1. The zero-order valence-electron chi connectivity index (χ0n) is 13.0. The van der Waals surface area contributed by atoms with Crippen molar-refractivity contribution in [3.05, 3.63) is 77.9 Å². The number of carbonyl (C=O) groups is 1. The summed E-state index contributed by atoms with van der Waals surface area (Å²) in [6.07, 6.45) is 0. The first kappa shape index (κ1) is 15.6. The molecule has 5 nitrogen and oxygen atoms in total. The molecule has 1 amide bonds. The average Bonchev–Trinajstić information content (AvgIpc) is 2.57. The second-order valence-electron chi connectivity index (χ2n) is 5.14. The summed E-state index contributed by atoms with van der Waals surface area (Å²) in [4.78, 5) is 20.8. The van der Waals surface area contributed by atoms with Gasteiger partial charge in [-0.15, -0.1) is 0 Å². The zero-order valence-corrected chi connectivity index (χ0v) is 13.0. The molecule has 0 unspecified atom stereocenters. The third-order valence-electron chi connectivity index (χ3n) is 3.24. The van der Waals surface area contributed by atoms with Gasteiger partial charge in [-0.3, -0.25) is 4.79 Å². The van der Waals surface area contributed by atoms with Crippen LogP contribution in [-0.2, 0) is 0 Å². The first-order chi connectivity index (χ1) is 11.6. The molecule has 1 aromatic heterocycles. The number of aromatic nitrogens is 2. The molecule has 2 N–H and O–H groups in total. The normalized spacial score (nSPS) is 10.2. The SMILES string of the molecule is Cc1cc(C(=O)Nc2ccccc2F)nc(Nc2ccccc2)n1. The average molecular weight is 322 g/mol. The van der Waals surface area contributed by atoms with Crippen molar-refractivity contribution in [2.45, 2.75) is 6.92 Å². The van der Waals surface area contributed by atoms with Crippen molar-refractivity contribution in [2.24, 2.45) is 0 Å². The van der Waals surface area contributed by atoms with E-state index in [1.165, 1.54) is 12.1 Å². The lowest BCUT2D eigenvalue weighted by molar-refractivity contribution is 0.102. The van der Waals surface area contributed by atoms with Crippen LogP contribution in [0.25, 0.3) is 0 Å². The molecule has 6 heteroatoms. The molecular weight excluding hydrogens is 307 g/mol. The molecular formula is C18H15FN4O. The molecule has 0 bridgehead atoms. The van der Waals surface area contributed by atoms with E-state index in [1.807, 2.05) is 30.3 Å². The standard InChI is InChI=1S/C18H15FN4O/c1-12-11-16(17(24)22-15-10-6-5-9-14(15)19)23-18(20-12)21-13-7-3-2-4-8-13/h2-11H,1H3,(H,22,24)(H,20,21,23). The summed E-state index contributed by atoms with van der Waals surface area (Å²) in [5.74, 6) is -0.694. The van der Waals surface area contributed by atoms with Gasteiger partial charge in [-0.2, -0.15) is 0 Å². The molecule has 0 saturated heterocycles. The highest BCUT2D eigenvalue weighted by molar-refractivity contribution is 6.03. The van der Waals surface area contributed by atoms with Gasteiger partial charge >= 0.3 is 0 Å². The van der Waals surface area contributed by atoms with Gasteiger partial charge in [0.05, 0.1) is 5.69 Å². The number of anilines is 3. The van der Waals surface area contributed by atoms with Gasteiger partial charge in [0, 0.05) is 11.4 Å². The Hall–Kier alpha value is -3.28. The Morgan fingerprint density at radius 1 is 1.00 bits per heavy atom. The number of benzene rings is 2. The zero-order chi connectivity index (χ0) is 16.9. The molecule has 0 radical (unpaired) electrons. The number of nitrogens with zero attached hydrogens (tertiary/aromatic N) is 2. The summed E-state index contributed by atoms with van der Waals surface area (Å²) in [5.41, 5.74) is 1.70. The fourth-order valence-electron chi connectivity index (χ4n) is 2.14. The lowest BCUT2D eigenvalue weighted by Crippen LogP contribution is -2.16. The number of rotatable bonds is 4. The smallest absolute Gasteiger partial charge is 0.274 e. The van der Waals surface area contributed by atoms with Crippen LogP contribution in [0, 0.1) is 12.7 Å². The minimum atomic E-state index is -0.501. The topological polar surface area (TPSA) is 66.9 Å². The van der Waals surface area contributed by atoms with E-state index in [0.717, 1.165) is 5.69 Å². The molecule has 1 heterocycles. The maximum atomic E-state index is 13.7. The van der Waals surface area contributed by atoms with E-state index in [-0.39, 0.29) is 11.4 Å². The largest absolute Gasteiger partial charge is 0.324 e. The molecule has 0 spiro atoms. The van der Waals surface area contributed by atoms with Crippen LogP contribution in [0.15, 0.2) is 60.7 Å². The van der Waals surface area contributed by atoms with E-state index in [9.17, 15) is 9.18 Å². The van der Waals surface area contributed by atoms with E-state index >= 15 is 0 Å². The van der Waals surface area contributed by atoms with Crippen LogP contribution in [0.5, 0.6) is 0 Å². The maximum Gasteiger partial charge on any atom is 0.274 e. The van der Waals surface area contributed by atoms with Gasteiger partial charge < -0.3 is 10.6 Å². The highest BCUT2D eigenvalue weighted by atomic mass is 19.1. The van der Waals surface area contributed by atoms with Crippen LogP contribution in [0.4, 0.5) is 21.7 Å². The molecule has 24 heavy (non-hydrogen) atoms. The van der Waals surface area contributed by atoms with E-state index < -0.39 is 11.7 Å². The van der Waals surface area contributed by atoms with Crippen molar-refractivity contribution in [1.29, 1.82) is 0 Å². The number of para-hydroxylation sites is 2. The molecule has 0 fully saturated rings. The number of aryl methyl sites for hydroxylation is 1. The minimum absolute atomic E-state index is 0.108. The van der Waals surface area contributed by atoms with Crippen LogP contribution < -0.4 is 10.6 Å². The van der Waals surface area contributed by atoms with Crippen molar-refractivity contribution in [3.8, 4) is 0 Å². The van der Waals surface area contributed by atoms with Crippen molar-refractivity contribution < 1.29 is 9.18 Å². The highest BCUT2D eigenvalue weighted by Gasteiger charge is 2.13. The highest BCUT2D eigenvalue weighted by Crippen LogP contribution is 2.16. The van der Waals surface area contributed by atoms with Crippen LogP contribution in [0.2, 0.25) is 0 Å². The first-order valence-corrected chi connectivity index (χ1v) is 7.35. The van der Waals surface area contributed by atoms with E-state index in [0.29, 0.717) is 11.6 Å². The molecule has 3 aromatic rings. The third kappa shape index (κ3) is 3.73. The van der Waals surface area contributed by atoms with Gasteiger partial charge in [0.1, 0.15) is 11.5 Å². The van der Waals surface area contributed by atoms with Crippen LogP contribution >= 0.6 is 0 Å². The van der Waals surface area contributed by atoms with Crippen LogP contribution in [0.1, 0.15) is 16.2 Å². The van der Waals surface area contributed by atoms with Gasteiger partial charge in [0.15, 0.2) is 0 Å². The van der Waals surface area contributed by atoms with Crippen molar-refractivity contribution >= 4 is 23.2 Å². The van der Waals surface area contributed by atoms with Gasteiger partial charge in [-0.1, -0.05) is 30.3 Å². The minimum Gasteiger partial charge on any atom is -0.324 e. The van der Waals surface area contributed by atoms with Crippen molar-refractivity contribution in [1.82, 2.24) is 9.97 Å². The first-order valence-electron chi connectivity index (χ1n) is 7.35. The Bertz CT molecular complexity index is 868. The molecule has 0 saturated carbocycles. The molecule has 3 rings (SSSR count). The van der Waals surface area contributed by atoms with Crippen LogP contribution in [-0.4, -0.2) is 15.9 Å². The lowest BCUT2D eigenvalue weighted by atomic mass is 10.2. The second kappa shape index (κ2) is 6.87. The van der Waals surface area contributed by atoms with Crippen molar-refractivity contribution in [3.63, 3.8) is 0 Å². The number of nitrogens with one attached hydrogen (secondary N) is 2. The van der Waals surface area contributed by atoms with Gasteiger partial charge in [0.25, 0.3) is 5.91 Å². The Balaban J connectivity index is 1.83. The molecule has 0 atom stereocenters. The lowest BCUT2D eigenvalue weighted by Gasteiger charge is -2.09. The van der Waals surface area contributed by atoms with E-state index in [1.54, 1.807) is 25.1 Å². The number of hydrogen-bond donors (Lipinski definition) is 2. The summed E-state index contributed by atoms with van der Waals surface area (Å²) in [7, 11) is 0. The molecule has 0 aliphatic rings. The van der Waals surface area contributed by atoms with E-state index in [2.05, 4.69) is 20.6 Å². The number of carbonyl (C=O) groups excluding carboxylic acids is 1. The summed E-state index contributed by atoms with van der Waals surface area (Å²) in [5, 5.41) is 5.55. The monoisotopic (exact) mass is 322 g/mol. The summed E-state index contributed by atoms with van der Waals surface area (Å²) in [6, 6.07) is 16.9. The second-order valence-corrected chi connectivity index (χ2v) is 5.14. The number of halogens is 1. The fourth-order valence-corrected chi connectivity index (χ4v) is 2.14. The van der Waals surface area contributed by atoms with Gasteiger partial charge in [0.2, 0.25) is 5.95 Å². The third-order valence-corrected chi connectivity index (χ3v) is 3.24. The number of hydrogen-bond acceptors (Lipinski definition) is 4. The maximum absolute atomic E-state index is 13.7. The fraction of sp³-hybridized carbons (Fsp3) is 0.0556. The molecule has 0 aliphatic heterocycles. The Morgan fingerprint density at radius 2 is 1.71 bits per heavy atom. The molecule has 0 aliphatic carbocycles. The Kier molecular flexibility index (Phi) is 4.47.